The van der Waals surface area contributed by atoms with Crippen LogP contribution < -0.4 is 15.1 Å². The molecule has 0 spiro atoms. The van der Waals surface area contributed by atoms with Crippen LogP contribution in [0.25, 0.3) is 0 Å². The van der Waals surface area contributed by atoms with Crippen molar-refractivity contribution in [2.24, 2.45) is 0 Å². The van der Waals surface area contributed by atoms with Crippen LogP contribution in [0.5, 0.6) is 0 Å². The minimum atomic E-state index is -3.22. The molecule has 2 aromatic rings. The lowest BCUT2D eigenvalue weighted by atomic mass is 10.1. The number of benzene rings is 2. The summed E-state index contributed by atoms with van der Waals surface area (Å²) < 4.78 is 59.8. The molecular weight excluding hydrogens is 500 g/mol. The molecule has 2 aliphatic rings. The summed E-state index contributed by atoms with van der Waals surface area (Å²) in [5.74, 6) is -3.52. The fourth-order valence-electron chi connectivity index (χ4n) is 4.05. The van der Waals surface area contributed by atoms with E-state index in [1.54, 1.807) is 30.3 Å². The number of carbonyl (C=O) groups is 3. The van der Waals surface area contributed by atoms with E-state index in [2.05, 4.69) is 0 Å². The number of alkyl halides is 2. The minimum Gasteiger partial charge on any atom is -0.442 e. The molecule has 0 radical (unpaired) electrons. The van der Waals surface area contributed by atoms with Crippen molar-refractivity contribution < 1.29 is 41.5 Å². The summed E-state index contributed by atoms with van der Waals surface area (Å²) in [5, 5.41) is 3.39. The summed E-state index contributed by atoms with van der Waals surface area (Å²) >= 11 is 0. The number of nitrogens with zero attached hydrogens (tertiary/aromatic N) is 3. The third-order valence-electron chi connectivity index (χ3n) is 5.88. The van der Waals surface area contributed by atoms with Crippen molar-refractivity contribution in [2.45, 2.75) is 12.5 Å². The summed E-state index contributed by atoms with van der Waals surface area (Å²) in [6.07, 6.45) is -5.11. The maximum atomic E-state index is 15.1. The first-order valence-corrected chi connectivity index (χ1v) is 11.5. The average molecular weight is 524 g/mol. The maximum absolute atomic E-state index is 15.1. The van der Waals surface area contributed by atoms with Crippen molar-refractivity contribution in [3.8, 4) is 0 Å². The first-order valence-electron chi connectivity index (χ1n) is 11.5. The van der Waals surface area contributed by atoms with E-state index in [-0.39, 0.29) is 63.0 Å². The van der Waals surface area contributed by atoms with Crippen molar-refractivity contribution >= 4 is 29.2 Å². The van der Waals surface area contributed by atoms with E-state index in [0.29, 0.717) is 5.56 Å². The van der Waals surface area contributed by atoms with E-state index in [4.69, 9.17) is 9.57 Å². The first kappa shape index (κ1) is 26.4. The molecular formula is C24H24F4N4O5. The zero-order valence-corrected chi connectivity index (χ0v) is 19.5. The number of rotatable bonds is 8. The second kappa shape index (κ2) is 11.6. The lowest BCUT2D eigenvalue weighted by Crippen LogP contribution is -2.37. The van der Waals surface area contributed by atoms with E-state index < -0.39 is 36.2 Å². The number of hydrogen-bond acceptors (Lipinski definition) is 7. The molecule has 0 aromatic heterocycles. The molecule has 198 valence electrons. The molecule has 1 atom stereocenters. The Hall–Kier alpha value is -3.71. The molecule has 9 nitrogen and oxygen atoms in total. The predicted octanol–water partition coefficient (Wildman–Crippen LogP) is 2.61. The Balaban J connectivity index is 1.39. The van der Waals surface area contributed by atoms with Crippen molar-refractivity contribution in [1.82, 2.24) is 10.4 Å². The zero-order valence-electron chi connectivity index (χ0n) is 19.5. The van der Waals surface area contributed by atoms with Gasteiger partial charge in [0.25, 0.3) is 5.91 Å². The average Bonchev–Trinajstić information content (AvgIpc) is 3.10. The van der Waals surface area contributed by atoms with Crippen LogP contribution in [-0.2, 0) is 14.4 Å². The molecule has 1 N–H and O–H groups in total. The predicted molar refractivity (Wildman–Crippen MR) is 123 cm³/mol. The molecule has 2 fully saturated rings. The number of ether oxygens (including phenoxy) is 1. The van der Waals surface area contributed by atoms with E-state index in [1.165, 1.54) is 9.96 Å². The van der Waals surface area contributed by atoms with Crippen LogP contribution in [0.3, 0.4) is 0 Å². The molecule has 2 amide bonds. The normalized spacial score (nSPS) is 18.6. The van der Waals surface area contributed by atoms with Gasteiger partial charge in [-0.2, -0.15) is 13.8 Å². The molecule has 37 heavy (non-hydrogen) atoms. The van der Waals surface area contributed by atoms with Gasteiger partial charge in [-0.05, 0) is 0 Å². The Bertz CT molecular complexity index is 1130. The van der Waals surface area contributed by atoms with Gasteiger partial charge in [0.2, 0.25) is 0 Å². The fraction of sp³-hybridized carbons (Fsp3) is 0.375. The zero-order chi connectivity index (χ0) is 26.5. The number of hydrogen-bond donors (Lipinski definition) is 1. The van der Waals surface area contributed by atoms with Crippen LogP contribution in [0.1, 0.15) is 10.4 Å². The number of nitrogens with one attached hydrogen (secondary N) is 1. The highest BCUT2D eigenvalue weighted by Gasteiger charge is 2.34. The summed E-state index contributed by atoms with van der Waals surface area (Å²) in [7, 11) is 0. The highest BCUT2D eigenvalue weighted by molar-refractivity contribution is 5.97. The highest BCUT2D eigenvalue weighted by Crippen LogP contribution is 2.31. The number of Topliss-reactive ketones (excluding diaryl/α,β-unsaturated/α-hetero) is 1. The quantitative estimate of drug-likeness (QED) is 0.420. The van der Waals surface area contributed by atoms with Gasteiger partial charge in [-0.25, -0.2) is 13.6 Å². The van der Waals surface area contributed by atoms with Crippen LogP contribution in [0.4, 0.5) is 33.7 Å². The Morgan fingerprint density at radius 1 is 1.05 bits per heavy atom. The molecule has 2 aromatic carbocycles. The standard InChI is InChI=1S/C24H24F4N4O5/c25-18-10-16(32-13-17(37-24(32)35)12-29-23(34)22(27)28)11-19(26)21(18)30-6-7-31(36-9-8-30)14-20(33)15-4-2-1-3-5-15/h1-5,10-11,17,22H,6-9,12-14H2,(H,29,34)/t17-/m0/s1. The van der Waals surface area contributed by atoms with Gasteiger partial charge >= 0.3 is 12.5 Å². The molecule has 0 bridgehead atoms. The van der Waals surface area contributed by atoms with Gasteiger partial charge in [0, 0.05) is 37.3 Å². The molecule has 2 heterocycles. The molecule has 2 saturated heterocycles. The van der Waals surface area contributed by atoms with E-state index in [1.807, 2.05) is 5.32 Å². The molecule has 0 unspecified atom stereocenters. The number of carbonyl (C=O) groups excluding carboxylic acids is 3. The summed E-state index contributed by atoms with van der Waals surface area (Å²) in [5.41, 5.74) is 0.100. The van der Waals surface area contributed by atoms with E-state index in [0.717, 1.165) is 17.0 Å². The number of hydroxylamine groups is 2. The third kappa shape index (κ3) is 6.35. The monoisotopic (exact) mass is 524 g/mol. The largest absolute Gasteiger partial charge is 0.442 e. The second-order valence-electron chi connectivity index (χ2n) is 8.39. The highest BCUT2D eigenvalue weighted by atomic mass is 19.3. The maximum Gasteiger partial charge on any atom is 0.414 e. The van der Waals surface area contributed by atoms with Gasteiger partial charge in [0.15, 0.2) is 17.4 Å². The van der Waals surface area contributed by atoms with Crippen LogP contribution in [0, 0.1) is 11.6 Å². The SMILES string of the molecule is O=C(CN1CCN(c2c(F)cc(N3C[C@H](CNC(=O)C(F)F)OC3=O)cc2F)CCO1)c1ccccc1. The van der Waals surface area contributed by atoms with Gasteiger partial charge < -0.3 is 15.0 Å². The van der Waals surface area contributed by atoms with Crippen molar-refractivity contribution in [1.29, 1.82) is 0 Å². The molecule has 0 aliphatic carbocycles. The number of anilines is 2. The van der Waals surface area contributed by atoms with Gasteiger partial charge in [-0.3, -0.25) is 19.3 Å². The summed E-state index contributed by atoms with van der Waals surface area (Å²) in [6.45, 7) is 0.0520. The number of halogens is 4. The van der Waals surface area contributed by atoms with Crippen LogP contribution in [0.15, 0.2) is 42.5 Å². The number of amides is 2. The van der Waals surface area contributed by atoms with Gasteiger partial charge in [-0.1, -0.05) is 30.3 Å². The summed E-state index contributed by atoms with van der Waals surface area (Å²) in [6, 6.07) is 10.6. The fourth-order valence-corrected chi connectivity index (χ4v) is 4.05. The summed E-state index contributed by atoms with van der Waals surface area (Å²) in [4.78, 5) is 43.7. The molecule has 4 rings (SSSR count). The topological polar surface area (TPSA) is 91.4 Å². The Kier molecular flexibility index (Phi) is 8.24. The van der Waals surface area contributed by atoms with E-state index in [9.17, 15) is 23.2 Å². The van der Waals surface area contributed by atoms with Crippen LogP contribution >= 0.6 is 0 Å². The third-order valence-corrected chi connectivity index (χ3v) is 5.88. The van der Waals surface area contributed by atoms with Crippen molar-refractivity contribution in [3.05, 3.63) is 59.7 Å². The Labute approximate surface area is 209 Å². The minimum absolute atomic E-state index is 0.0161. The van der Waals surface area contributed by atoms with Crippen LogP contribution in [-0.4, -0.2) is 81.3 Å². The molecule has 0 saturated carbocycles. The van der Waals surface area contributed by atoms with Gasteiger partial charge in [-0.15, -0.1) is 0 Å². The van der Waals surface area contributed by atoms with Crippen LogP contribution in [0.2, 0.25) is 0 Å². The lowest BCUT2D eigenvalue weighted by molar-refractivity contribution is -0.139. The van der Waals surface area contributed by atoms with Crippen molar-refractivity contribution in [3.63, 3.8) is 0 Å². The van der Waals surface area contributed by atoms with Crippen molar-refractivity contribution in [2.75, 3.05) is 55.7 Å². The smallest absolute Gasteiger partial charge is 0.414 e. The number of cyclic esters (lactones) is 1. The Morgan fingerprint density at radius 2 is 1.76 bits per heavy atom. The second-order valence-corrected chi connectivity index (χ2v) is 8.39. The van der Waals surface area contributed by atoms with Gasteiger partial charge in [0.1, 0.15) is 11.8 Å². The van der Waals surface area contributed by atoms with E-state index >= 15 is 8.78 Å². The first-order chi connectivity index (χ1) is 17.7. The lowest BCUT2D eigenvalue weighted by Gasteiger charge is -2.24. The van der Waals surface area contributed by atoms with Gasteiger partial charge in [0.05, 0.1) is 31.9 Å². The Morgan fingerprint density at radius 3 is 2.43 bits per heavy atom. The number of ketones is 1. The molecule has 2 aliphatic heterocycles. The molecule has 13 heteroatoms.